The molecule has 10 heteroatoms. The summed E-state index contributed by atoms with van der Waals surface area (Å²) in [6, 6.07) is 0. The summed E-state index contributed by atoms with van der Waals surface area (Å²) in [5, 5.41) is 0. The fraction of sp³-hybridized carbons (Fsp3) is 0.700. The van der Waals surface area contributed by atoms with E-state index in [1.54, 1.807) is 0 Å². The molecule has 0 unspecified atom stereocenters. The van der Waals surface area contributed by atoms with Crippen LogP contribution in [-0.2, 0) is 28.3 Å². The third-order valence-corrected chi connectivity index (χ3v) is 0.963. The molecule has 0 spiro atoms. The fourth-order valence-electron chi connectivity index (χ4n) is 0.586. The number of carbonyl (C=O) groups is 3. The Morgan fingerprint density at radius 3 is 1.10 bits per heavy atom. The van der Waals surface area contributed by atoms with E-state index in [-0.39, 0.29) is 43.5 Å². The minimum absolute atomic E-state index is 0. The maximum Gasteiger partial charge on any atom is 1.00 e. The molecule has 20 heavy (non-hydrogen) atoms. The minimum atomic E-state index is -2.41. The number of rotatable bonds is 3. The molecule has 0 radical (unpaired) electrons. The van der Waals surface area contributed by atoms with Crippen molar-refractivity contribution in [2.24, 2.45) is 5.73 Å². The molecule has 0 aromatic heterocycles. The molecular weight excluding hydrogens is 275 g/mol. The van der Waals surface area contributed by atoms with Crippen LogP contribution < -0.4 is 35.3 Å². The van der Waals surface area contributed by atoms with Gasteiger partial charge in [-0.3, -0.25) is 14.4 Å². The second-order valence-corrected chi connectivity index (χ2v) is 4.63. The zero-order chi connectivity index (χ0) is 14.9. The zero-order valence-electron chi connectivity index (χ0n) is 12.7. The summed E-state index contributed by atoms with van der Waals surface area (Å²) < 4.78 is 13.3. The molecule has 0 rings (SSSR count). The van der Waals surface area contributed by atoms with Crippen molar-refractivity contribution < 1.29 is 57.9 Å². The van der Waals surface area contributed by atoms with E-state index in [1.807, 2.05) is 20.8 Å². The summed E-state index contributed by atoms with van der Waals surface area (Å²) in [5.74, 6) is -2.03. The van der Waals surface area contributed by atoms with E-state index in [9.17, 15) is 14.4 Å². The van der Waals surface area contributed by atoms with Gasteiger partial charge in [0.2, 0.25) is 0 Å². The van der Waals surface area contributed by atoms with E-state index in [0.29, 0.717) is 0 Å². The van der Waals surface area contributed by atoms with Crippen molar-refractivity contribution in [2.75, 3.05) is 0 Å². The van der Waals surface area contributed by atoms with Crippen molar-refractivity contribution in [3.05, 3.63) is 0 Å². The van der Waals surface area contributed by atoms with Gasteiger partial charge in [0.25, 0.3) is 17.9 Å². The Labute approximate surface area is 144 Å². The van der Waals surface area contributed by atoms with E-state index in [0.717, 1.165) is 20.8 Å². The first-order valence-corrected chi connectivity index (χ1v) is 5.38. The van der Waals surface area contributed by atoms with Gasteiger partial charge in [-0.05, 0) is 20.8 Å². The van der Waals surface area contributed by atoms with Gasteiger partial charge in [0.15, 0.2) is 0 Å². The van der Waals surface area contributed by atoms with Crippen LogP contribution in [0.15, 0.2) is 0 Å². The van der Waals surface area contributed by atoms with Gasteiger partial charge >= 0.3 is 36.9 Å². The first kappa shape index (κ1) is 27.8. The molecular formula is C10H24B2NNaO6. The SMILES string of the molecule is B.CC(=O)O[BH-](OC(C)=O)OC(C)=O.CC(C)(C)N.[Na+]. The summed E-state index contributed by atoms with van der Waals surface area (Å²) in [5.41, 5.74) is 5.35. The van der Waals surface area contributed by atoms with Crippen molar-refractivity contribution in [1.82, 2.24) is 0 Å². The maximum atomic E-state index is 10.4. The third-order valence-electron chi connectivity index (χ3n) is 0.963. The molecule has 0 aromatic carbocycles. The standard InChI is InChI=1S/C6H10BO6.C4H11N.BH3.Na/c1-4(8)11-7(12-5(2)9)13-6(3)10;1-4(2,3)5;;/h7H,1-3H3;5H2,1-3H3;1H3;/q-1;;;+1. The molecule has 0 aliphatic rings. The van der Waals surface area contributed by atoms with E-state index < -0.39 is 25.2 Å². The normalized spacial score (nSPS) is 9.00. The van der Waals surface area contributed by atoms with Gasteiger partial charge in [0.05, 0.1) is 8.41 Å². The Hall–Kier alpha value is -0.500. The van der Waals surface area contributed by atoms with Crippen LogP contribution in [-0.4, -0.2) is 39.2 Å². The predicted octanol–water partition coefficient (Wildman–Crippen LogP) is -4.04. The molecule has 0 aliphatic heterocycles. The van der Waals surface area contributed by atoms with Crippen LogP contribution in [0.2, 0.25) is 0 Å². The van der Waals surface area contributed by atoms with Crippen LogP contribution in [0.1, 0.15) is 41.5 Å². The largest absolute Gasteiger partial charge is 1.00 e. The average Bonchev–Trinajstić information content (AvgIpc) is 1.94. The van der Waals surface area contributed by atoms with Gasteiger partial charge in [0, 0.05) is 26.3 Å². The number of carbonyl (C=O) groups excluding carboxylic acids is 3. The monoisotopic (exact) mass is 299 g/mol. The third kappa shape index (κ3) is 36.0. The first-order valence-electron chi connectivity index (χ1n) is 5.38. The van der Waals surface area contributed by atoms with Gasteiger partial charge in [-0.1, -0.05) is 0 Å². The van der Waals surface area contributed by atoms with Crippen LogP contribution in [0.25, 0.3) is 0 Å². The predicted molar refractivity (Wildman–Crippen MR) is 76.3 cm³/mol. The van der Waals surface area contributed by atoms with Gasteiger partial charge in [0.1, 0.15) is 0 Å². The Balaban J connectivity index is -0.000000158. The summed E-state index contributed by atoms with van der Waals surface area (Å²) >= 11 is 0. The second kappa shape index (κ2) is 13.5. The van der Waals surface area contributed by atoms with Gasteiger partial charge in [-0.25, -0.2) is 0 Å². The Bertz CT molecular complexity index is 265. The smallest absolute Gasteiger partial charge is 0.625 e. The minimum Gasteiger partial charge on any atom is -0.625 e. The molecule has 0 aromatic rings. The fourth-order valence-corrected chi connectivity index (χ4v) is 0.586. The van der Waals surface area contributed by atoms with Crippen LogP contribution in [0, 0.1) is 0 Å². The van der Waals surface area contributed by atoms with Gasteiger partial charge < -0.3 is 19.7 Å². The van der Waals surface area contributed by atoms with Crippen LogP contribution >= 0.6 is 0 Å². The first-order chi connectivity index (χ1) is 7.91. The Kier molecular flexibility index (Phi) is 18.7. The topological polar surface area (TPSA) is 105 Å². The van der Waals surface area contributed by atoms with Crippen molar-refractivity contribution >= 4 is 33.6 Å². The molecule has 0 aliphatic carbocycles. The molecule has 0 saturated carbocycles. The summed E-state index contributed by atoms with van der Waals surface area (Å²) in [6.07, 6.45) is 0. The van der Waals surface area contributed by atoms with E-state index in [1.165, 1.54) is 0 Å². The number of hydrogen-bond donors (Lipinski definition) is 1. The Morgan fingerprint density at radius 2 is 1.00 bits per heavy atom. The molecule has 112 valence electrons. The molecule has 0 heterocycles. The van der Waals surface area contributed by atoms with E-state index in [4.69, 9.17) is 5.73 Å². The summed E-state index contributed by atoms with van der Waals surface area (Å²) in [6.45, 7) is 9.25. The van der Waals surface area contributed by atoms with Gasteiger partial charge in [-0.2, -0.15) is 0 Å². The molecule has 0 atom stereocenters. The summed E-state index contributed by atoms with van der Waals surface area (Å²) in [7, 11) is -2.41. The Morgan fingerprint density at radius 1 is 0.850 bits per heavy atom. The number of hydrogen-bond acceptors (Lipinski definition) is 7. The molecule has 0 amide bonds. The molecule has 0 fully saturated rings. The second-order valence-electron chi connectivity index (χ2n) is 4.63. The van der Waals surface area contributed by atoms with Crippen molar-refractivity contribution in [3.8, 4) is 0 Å². The van der Waals surface area contributed by atoms with E-state index >= 15 is 0 Å². The molecule has 7 nitrogen and oxygen atoms in total. The van der Waals surface area contributed by atoms with Crippen LogP contribution in [0.3, 0.4) is 0 Å². The van der Waals surface area contributed by atoms with Crippen molar-refractivity contribution in [2.45, 2.75) is 47.1 Å². The zero-order valence-corrected chi connectivity index (χ0v) is 14.7. The molecule has 2 N–H and O–H groups in total. The van der Waals surface area contributed by atoms with Crippen LogP contribution in [0.4, 0.5) is 0 Å². The van der Waals surface area contributed by atoms with E-state index in [2.05, 4.69) is 14.0 Å². The molecule has 0 saturated heterocycles. The quantitative estimate of drug-likeness (QED) is 0.529. The maximum absolute atomic E-state index is 10.4. The molecule has 0 bridgehead atoms. The van der Waals surface area contributed by atoms with Crippen LogP contribution in [0.5, 0.6) is 0 Å². The average molecular weight is 299 g/mol. The van der Waals surface area contributed by atoms with Crippen molar-refractivity contribution in [1.29, 1.82) is 0 Å². The van der Waals surface area contributed by atoms with Crippen molar-refractivity contribution in [3.63, 3.8) is 0 Å². The summed E-state index contributed by atoms with van der Waals surface area (Å²) in [4.78, 5) is 31.3. The van der Waals surface area contributed by atoms with Gasteiger partial charge in [-0.15, -0.1) is 0 Å². The number of nitrogens with two attached hydrogens (primary N) is 1.